The van der Waals surface area contributed by atoms with Crippen LogP contribution in [-0.2, 0) is 34.1 Å². The minimum atomic E-state index is -3.66. The van der Waals surface area contributed by atoms with E-state index >= 15 is 0 Å². The van der Waals surface area contributed by atoms with Gasteiger partial charge in [0.2, 0.25) is 15.9 Å². The molecule has 1 saturated heterocycles. The number of sulfonamides is 1. The van der Waals surface area contributed by atoms with Crippen molar-refractivity contribution in [3.8, 4) is 5.75 Å². The van der Waals surface area contributed by atoms with Crippen LogP contribution in [0.1, 0.15) is 42.9 Å². The van der Waals surface area contributed by atoms with Crippen molar-refractivity contribution >= 4 is 21.6 Å². The second kappa shape index (κ2) is 8.78. The Morgan fingerprint density at radius 2 is 1.80 bits per heavy atom. The molecule has 1 amide bonds. The van der Waals surface area contributed by atoms with Crippen LogP contribution in [-0.4, -0.2) is 38.3 Å². The molecule has 2 aromatic rings. The second-order valence-electron chi connectivity index (χ2n) is 7.89. The maximum Gasteiger partial charge on any atom is 0.246 e. The molecular weight excluding hydrogens is 400 g/mol. The molecule has 2 aliphatic rings. The van der Waals surface area contributed by atoms with E-state index in [2.05, 4.69) is 17.4 Å². The zero-order valence-corrected chi connectivity index (χ0v) is 18.1. The van der Waals surface area contributed by atoms with Crippen molar-refractivity contribution in [3.05, 3.63) is 53.1 Å². The zero-order valence-electron chi connectivity index (χ0n) is 17.3. The third-order valence-electron chi connectivity index (χ3n) is 5.74. The number of ether oxygens (including phenoxy) is 1. The molecule has 2 aromatic carbocycles. The smallest absolute Gasteiger partial charge is 0.246 e. The summed E-state index contributed by atoms with van der Waals surface area (Å²) in [5, 5.41) is 2.85. The van der Waals surface area contributed by atoms with Crippen LogP contribution in [0.3, 0.4) is 0 Å². The lowest BCUT2D eigenvalue weighted by Gasteiger charge is -2.19. The quantitative estimate of drug-likeness (QED) is 0.732. The number of nitrogens with one attached hydrogen (secondary N) is 1. The van der Waals surface area contributed by atoms with E-state index in [0.717, 1.165) is 31.2 Å². The molecule has 1 aliphatic heterocycles. The fourth-order valence-corrected chi connectivity index (χ4v) is 5.93. The summed E-state index contributed by atoms with van der Waals surface area (Å²) in [5.41, 5.74) is 4.15. The van der Waals surface area contributed by atoms with Gasteiger partial charge in [-0.1, -0.05) is 18.2 Å². The number of rotatable bonds is 7. The predicted octanol–water partition coefficient (Wildman–Crippen LogP) is 3.54. The topological polar surface area (TPSA) is 75.7 Å². The monoisotopic (exact) mass is 428 g/mol. The maximum absolute atomic E-state index is 13.1. The van der Waals surface area contributed by atoms with E-state index in [0.29, 0.717) is 31.1 Å². The lowest BCUT2D eigenvalue weighted by atomic mass is 10.0. The van der Waals surface area contributed by atoms with Crippen molar-refractivity contribution in [1.29, 1.82) is 0 Å². The molecule has 0 unspecified atom stereocenters. The van der Waals surface area contributed by atoms with Crippen molar-refractivity contribution in [3.63, 3.8) is 0 Å². The van der Waals surface area contributed by atoms with E-state index in [1.165, 1.54) is 27.9 Å². The second-order valence-corrected chi connectivity index (χ2v) is 9.79. The van der Waals surface area contributed by atoms with Gasteiger partial charge < -0.3 is 10.1 Å². The Morgan fingerprint density at radius 3 is 2.57 bits per heavy atom. The first kappa shape index (κ1) is 20.9. The largest absolute Gasteiger partial charge is 0.492 e. The third-order valence-corrected chi connectivity index (χ3v) is 7.66. The average molecular weight is 429 g/mol. The Hall–Kier alpha value is -2.38. The highest BCUT2D eigenvalue weighted by atomic mass is 32.2. The minimum absolute atomic E-state index is 0.113. The number of carbonyl (C=O) groups excluding carboxylic acids is 1. The summed E-state index contributed by atoms with van der Waals surface area (Å²) in [4.78, 5) is 12.7. The van der Waals surface area contributed by atoms with Crippen LogP contribution in [0.25, 0.3) is 0 Å². The Balaban J connectivity index is 1.53. The van der Waals surface area contributed by atoms with Crippen LogP contribution in [0, 0.1) is 0 Å². The van der Waals surface area contributed by atoms with Gasteiger partial charge in [0.05, 0.1) is 13.0 Å². The van der Waals surface area contributed by atoms with Gasteiger partial charge in [0.15, 0.2) is 0 Å². The van der Waals surface area contributed by atoms with Gasteiger partial charge in [-0.25, -0.2) is 8.42 Å². The maximum atomic E-state index is 13.1. The number of benzene rings is 2. The fraction of sp³-hybridized carbons (Fsp3) is 0.435. The Bertz CT molecular complexity index is 1040. The van der Waals surface area contributed by atoms with Gasteiger partial charge in [-0.05, 0) is 73.9 Å². The SMILES string of the molecule is CCOc1ccc(NC(=O)Cc2ccc3c(c2)CCC3)cc1S(=O)(=O)N1CCCC1. The number of nitrogens with zero attached hydrogens (tertiary/aromatic N) is 1. The summed E-state index contributed by atoms with van der Waals surface area (Å²) in [6.07, 6.45) is 5.34. The first-order chi connectivity index (χ1) is 14.5. The van der Waals surface area contributed by atoms with Gasteiger partial charge in [-0.2, -0.15) is 4.31 Å². The molecule has 1 N–H and O–H groups in total. The fourth-order valence-electron chi connectivity index (χ4n) is 4.26. The first-order valence-electron chi connectivity index (χ1n) is 10.6. The standard InChI is InChI=1S/C23H28N2O4S/c1-2-29-21-11-10-20(16-22(21)30(27,28)25-12-3-4-13-25)24-23(26)15-17-8-9-18-6-5-7-19(18)14-17/h8-11,14,16H,2-7,12-13,15H2,1H3,(H,24,26). The van der Waals surface area contributed by atoms with Gasteiger partial charge in [-0.3, -0.25) is 4.79 Å². The lowest BCUT2D eigenvalue weighted by Crippen LogP contribution is -2.28. The van der Waals surface area contributed by atoms with Gasteiger partial charge in [-0.15, -0.1) is 0 Å². The van der Waals surface area contributed by atoms with E-state index in [1.807, 2.05) is 13.0 Å². The number of fused-ring (bicyclic) bond motifs is 1. The van der Waals surface area contributed by atoms with E-state index < -0.39 is 10.0 Å². The Kier molecular flexibility index (Phi) is 6.11. The number of amides is 1. The van der Waals surface area contributed by atoms with E-state index in [1.54, 1.807) is 12.1 Å². The normalized spacial score (nSPS) is 16.4. The predicted molar refractivity (Wildman–Crippen MR) is 116 cm³/mol. The van der Waals surface area contributed by atoms with Crippen molar-refractivity contribution in [2.75, 3.05) is 25.0 Å². The first-order valence-corrected chi connectivity index (χ1v) is 12.1. The van der Waals surface area contributed by atoms with E-state index in [4.69, 9.17) is 4.74 Å². The highest BCUT2D eigenvalue weighted by Crippen LogP contribution is 2.32. The molecule has 1 aliphatic carbocycles. The van der Waals surface area contributed by atoms with Crippen LogP contribution < -0.4 is 10.1 Å². The molecular formula is C23H28N2O4S. The number of hydrogen-bond donors (Lipinski definition) is 1. The number of aryl methyl sites for hydroxylation is 2. The number of anilines is 1. The van der Waals surface area contributed by atoms with Crippen molar-refractivity contribution in [2.24, 2.45) is 0 Å². The molecule has 0 atom stereocenters. The highest BCUT2D eigenvalue weighted by Gasteiger charge is 2.30. The van der Waals surface area contributed by atoms with Crippen LogP contribution in [0.5, 0.6) is 5.75 Å². The highest BCUT2D eigenvalue weighted by molar-refractivity contribution is 7.89. The van der Waals surface area contributed by atoms with Gasteiger partial charge in [0.1, 0.15) is 10.6 Å². The van der Waals surface area contributed by atoms with E-state index in [-0.39, 0.29) is 17.2 Å². The molecule has 4 rings (SSSR count). The third kappa shape index (κ3) is 4.37. The summed E-state index contributed by atoms with van der Waals surface area (Å²) in [6, 6.07) is 11.1. The van der Waals surface area contributed by atoms with Gasteiger partial charge in [0, 0.05) is 18.8 Å². The van der Waals surface area contributed by atoms with Crippen molar-refractivity contribution in [1.82, 2.24) is 4.31 Å². The average Bonchev–Trinajstić information content (AvgIpc) is 3.41. The molecule has 0 saturated carbocycles. The molecule has 0 spiro atoms. The summed E-state index contributed by atoms with van der Waals surface area (Å²) in [7, 11) is -3.66. The molecule has 0 aromatic heterocycles. The van der Waals surface area contributed by atoms with Gasteiger partial charge in [0.25, 0.3) is 0 Å². The summed E-state index contributed by atoms with van der Waals surface area (Å²) in [6.45, 7) is 3.22. The lowest BCUT2D eigenvalue weighted by molar-refractivity contribution is -0.115. The molecule has 0 bridgehead atoms. The van der Waals surface area contributed by atoms with Gasteiger partial charge >= 0.3 is 0 Å². The van der Waals surface area contributed by atoms with Crippen LogP contribution in [0.15, 0.2) is 41.3 Å². The van der Waals surface area contributed by atoms with Crippen LogP contribution in [0.4, 0.5) is 5.69 Å². The molecule has 160 valence electrons. The Morgan fingerprint density at radius 1 is 1.03 bits per heavy atom. The minimum Gasteiger partial charge on any atom is -0.492 e. The summed E-state index contributed by atoms with van der Waals surface area (Å²) in [5.74, 6) is 0.155. The molecule has 1 heterocycles. The number of carbonyl (C=O) groups is 1. The van der Waals surface area contributed by atoms with Crippen LogP contribution >= 0.6 is 0 Å². The molecule has 6 nitrogen and oxygen atoms in total. The molecule has 0 radical (unpaired) electrons. The van der Waals surface area contributed by atoms with Crippen molar-refractivity contribution < 1.29 is 17.9 Å². The number of hydrogen-bond acceptors (Lipinski definition) is 4. The van der Waals surface area contributed by atoms with E-state index in [9.17, 15) is 13.2 Å². The molecule has 30 heavy (non-hydrogen) atoms. The summed E-state index contributed by atoms with van der Waals surface area (Å²) >= 11 is 0. The van der Waals surface area contributed by atoms with Crippen molar-refractivity contribution in [2.45, 2.75) is 50.3 Å². The summed E-state index contributed by atoms with van der Waals surface area (Å²) < 4.78 is 33.3. The van der Waals surface area contributed by atoms with Crippen LogP contribution in [0.2, 0.25) is 0 Å². The molecule has 1 fully saturated rings. The zero-order chi connectivity index (χ0) is 21.1. The molecule has 7 heteroatoms. The Labute approximate surface area is 178 Å².